The number of likely N-dealkylation sites (N-methyl/N-ethyl adjacent to an activating group) is 1. The van der Waals surface area contributed by atoms with Gasteiger partial charge in [0.2, 0.25) is 17.7 Å². The number of pyridine rings is 2. The Labute approximate surface area is 381 Å². The molecule has 4 aromatic rings. The summed E-state index contributed by atoms with van der Waals surface area (Å²) in [4.78, 5) is 82.2. The van der Waals surface area contributed by atoms with Gasteiger partial charge in [-0.25, -0.2) is 5.43 Å². The summed E-state index contributed by atoms with van der Waals surface area (Å²) < 4.78 is 14.2. The number of aryl methyl sites for hydroxylation is 1. The molecule has 0 spiro atoms. The molecular weight excluding hydrogens is 825 g/mol. The fraction of sp³-hybridized carbons (Fsp3) is 0.500. The van der Waals surface area contributed by atoms with Crippen molar-refractivity contribution in [2.45, 2.75) is 104 Å². The first kappa shape index (κ1) is 47.0. The number of rotatable bonds is 10. The lowest BCUT2D eigenvalue weighted by atomic mass is 9.84. The van der Waals surface area contributed by atoms with Gasteiger partial charge in [0.25, 0.3) is 5.91 Å². The van der Waals surface area contributed by atoms with Crippen LogP contribution in [-0.2, 0) is 52.8 Å². The fourth-order valence-electron chi connectivity index (χ4n) is 9.71. The predicted octanol–water partition coefficient (Wildman–Crippen LogP) is 5.66. The second kappa shape index (κ2) is 19.7. The number of amides is 4. The third-order valence-corrected chi connectivity index (χ3v) is 13.1. The number of hydrogen-bond donors (Lipinski definition) is 2. The van der Waals surface area contributed by atoms with E-state index in [2.05, 4.69) is 66.9 Å². The lowest BCUT2D eigenvalue weighted by Gasteiger charge is -2.37. The van der Waals surface area contributed by atoms with Gasteiger partial charge in [0.1, 0.15) is 18.1 Å². The van der Waals surface area contributed by atoms with Gasteiger partial charge in [-0.05, 0) is 93.5 Å². The van der Waals surface area contributed by atoms with Gasteiger partial charge in [0.15, 0.2) is 0 Å². The van der Waals surface area contributed by atoms with E-state index < -0.39 is 47.2 Å². The number of nitrogens with one attached hydrogen (secondary N) is 2. The Kier molecular flexibility index (Phi) is 14.2. The van der Waals surface area contributed by atoms with Crippen LogP contribution in [-0.4, -0.2) is 117 Å². The first-order valence-corrected chi connectivity index (χ1v) is 22.9. The third kappa shape index (κ3) is 9.86. The highest BCUT2D eigenvalue weighted by atomic mass is 16.5. The molecule has 0 radical (unpaired) electrons. The Hall–Kier alpha value is -5.93. The molecule has 1 aromatic carbocycles. The Bertz CT molecular complexity index is 2460. The summed E-state index contributed by atoms with van der Waals surface area (Å²) in [5.41, 5.74) is 9.71. The van der Waals surface area contributed by atoms with Gasteiger partial charge >= 0.3 is 5.97 Å². The van der Waals surface area contributed by atoms with Gasteiger partial charge < -0.3 is 29.2 Å². The highest BCUT2D eigenvalue weighted by molar-refractivity contribution is 5.96. The van der Waals surface area contributed by atoms with Gasteiger partial charge in [-0.15, -0.1) is 0 Å². The number of benzene rings is 1. The molecule has 65 heavy (non-hydrogen) atoms. The monoisotopic (exact) mass is 888 g/mol. The lowest BCUT2D eigenvalue weighted by Crippen LogP contribution is -2.62. The average Bonchev–Trinajstić information content (AvgIpc) is 3.92. The molecule has 0 saturated carbocycles. The highest BCUT2D eigenvalue weighted by Gasteiger charge is 2.40. The summed E-state index contributed by atoms with van der Waals surface area (Å²) in [5.74, 6) is -2.68. The number of likely N-dealkylation sites (tertiary alicyclic amines) is 1. The number of hydrazine groups is 1. The van der Waals surface area contributed by atoms with Gasteiger partial charge in [-0.1, -0.05) is 46.4 Å². The van der Waals surface area contributed by atoms with Crippen molar-refractivity contribution in [2.75, 3.05) is 40.4 Å². The SMILES string of the molecule is C=CC(=O)N1CC[C@H](C(=O)N(C)[C@H](C(=O)N[C@H]2Cc3cccc(n3)-c3ccc4c(c3)c(c(-c3cccnc3[C@H](C)OC)n4CC)CC(C)(C)COC(=O)[C@@H]3CCCN(N3)C2=O)C(C)C)C1. The molecule has 0 unspecified atom stereocenters. The van der Waals surface area contributed by atoms with Crippen molar-refractivity contribution < 1.29 is 33.4 Å². The smallest absolute Gasteiger partial charge is 0.324 e. The number of esters is 1. The maximum Gasteiger partial charge on any atom is 0.324 e. The molecule has 15 nitrogen and oxygen atoms in total. The molecule has 15 heteroatoms. The first-order valence-electron chi connectivity index (χ1n) is 22.9. The second-order valence-electron chi connectivity index (χ2n) is 18.8. The number of carbonyl (C=O) groups excluding carboxylic acids is 5. The Morgan fingerprint density at radius 1 is 1.09 bits per heavy atom. The van der Waals surface area contributed by atoms with Crippen molar-refractivity contribution >= 4 is 40.5 Å². The van der Waals surface area contributed by atoms with Crippen molar-refractivity contribution in [3.05, 3.63) is 84.3 Å². The number of fused-ring (bicyclic) bond motifs is 6. The van der Waals surface area contributed by atoms with Crippen LogP contribution in [0.2, 0.25) is 0 Å². The molecule has 5 atom stereocenters. The number of ether oxygens (including phenoxy) is 2. The maximum atomic E-state index is 14.7. The summed E-state index contributed by atoms with van der Waals surface area (Å²) in [6, 6.07) is 13.2. The molecule has 2 fully saturated rings. The predicted molar refractivity (Wildman–Crippen MR) is 248 cm³/mol. The van der Waals surface area contributed by atoms with Crippen LogP contribution >= 0.6 is 0 Å². The zero-order chi connectivity index (χ0) is 46.7. The minimum Gasteiger partial charge on any atom is -0.464 e. The number of aromatic nitrogens is 3. The van der Waals surface area contributed by atoms with E-state index in [9.17, 15) is 24.0 Å². The van der Waals surface area contributed by atoms with E-state index in [0.717, 1.165) is 39.0 Å². The topological polar surface area (TPSA) is 168 Å². The molecule has 346 valence electrons. The van der Waals surface area contributed by atoms with Crippen LogP contribution in [0.15, 0.2) is 67.4 Å². The van der Waals surface area contributed by atoms with Crippen molar-refractivity contribution in [1.29, 1.82) is 0 Å². The van der Waals surface area contributed by atoms with E-state index in [1.54, 1.807) is 25.3 Å². The van der Waals surface area contributed by atoms with E-state index in [0.29, 0.717) is 56.7 Å². The van der Waals surface area contributed by atoms with Crippen LogP contribution in [0.25, 0.3) is 33.4 Å². The summed E-state index contributed by atoms with van der Waals surface area (Å²) in [7, 11) is 3.28. The number of methoxy groups -OCH3 is 1. The maximum absolute atomic E-state index is 14.7. The van der Waals surface area contributed by atoms with Gasteiger partial charge in [-0.3, -0.25) is 38.9 Å². The van der Waals surface area contributed by atoms with Gasteiger partial charge in [0.05, 0.1) is 35.7 Å². The molecule has 2 saturated heterocycles. The van der Waals surface area contributed by atoms with Crippen LogP contribution in [0.5, 0.6) is 0 Å². The van der Waals surface area contributed by atoms with Gasteiger partial charge in [-0.2, -0.15) is 0 Å². The average molecular weight is 889 g/mol. The van der Waals surface area contributed by atoms with Crippen molar-refractivity contribution in [3.63, 3.8) is 0 Å². The third-order valence-electron chi connectivity index (χ3n) is 13.1. The van der Waals surface area contributed by atoms with Crippen LogP contribution in [0.3, 0.4) is 0 Å². The van der Waals surface area contributed by atoms with Gasteiger partial charge in [0, 0.05) is 86.1 Å². The highest BCUT2D eigenvalue weighted by Crippen LogP contribution is 2.42. The number of carbonyl (C=O) groups is 5. The molecule has 3 aliphatic heterocycles. The summed E-state index contributed by atoms with van der Waals surface area (Å²) in [6.45, 7) is 17.4. The number of cyclic esters (lactones) is 1. The minimum absolute atomic E-state index is 0.0367. The Balaban J connectivity index is 1.29. The molecule has 6 bridgehead atoms. The van der Waals surface area contributed by atoms with E-state index in [1.165, 1.54) is 16.0 Å². The standard InChI is InChI=1S/C50H64N8O7/c1-10-42(59)56-24-21-33(28-56)47(61)55(8)44(30(3)4)46(60)53-40-26-34-15-12-17-38(52-34)32-19-20-41-36(25-32)37(45(57(41)11-2)35-16-13-22-51-43(35)31(5)64-9)27-50(6,7)29-65-49(63)39-18-14-23-58(54-39)48(40)62/h10,12-13,15-17,19-20,22,25,30-31,33,39-40,44,54H,1,11,14,18,21,23-24,26-29H2,2-9H3,(H,53,60)/t31-,33-,39-,40-,44-/m0/s1. The summed E-state index contributed by atoms with van der Waals surface area (Å²) in [5, 5.41) is 5.46. The molecule has 3 aromatic heterocycles. The van der Waals surface area contributed by atoms with E-state index in [-0.39, 0.29) is 43.4 Å². The lowest BCUT2D eigenvalue weighted by molar-refractivity contribution is -0.155. The van der Waals surface area contributed by atoms with Crippen molar-refractivity contribution in [1.82, 2.24) is 40.1 Å². The summed E-state index contributed by atoms with van der Waals surface area (Å²) in [6.07, 6.45) is 4.83. The molecule has 7 rings (SSSR count). The number of hydrogen-bond acceptors (Lipinski definition) is 10. The molecule has 6 heterocycles. The minimum atomic E-state index is -1.11. The largest absolute Gasteiger partial charge is 0.464 e. The summed E-state index contributed by atoms with van der Waals surface area (Å²) >= 11 is 0. The quantitative estimate of drug-likeness (QED) is 0.150. The van der Waals surface area contributed by atoms with E-state index >= 15 is 0 Å². The Morgan fingerprint density at radius 3 is 2.60 bits per heavy atom. The zero-order valence-corrected chi connectivity index (χ0v) is 39.1. The van der Waals surface area contributed by atoms with Crippen molar-refractivity contribution in [2.24, 2.45) is 17.3 Å². The normalized spacial score (nSPS) is 21.1. The van der Waals surface area contributed by atoms with Crippen LogP contribution in [0, 0.1) is 17.3 Å². The van der Waals surface area contributed by atoms with E-state index in [4.69, 9.17) is 19.4 Å². The molecular formula is C50H64N8O7. The van der Waals surface area contributed by atoms with E-state index in [1.807, 2.05) is 45.0 Å². The molecule has 0 aliphatic carbocycles. The molecule has 2 N–H and O–H groups in total. The van der Waals surface area contributed by atoms with Crippen LogP contribution in [0.4, 0.5) is 0 Å². The zero-order valence-electron chi connectivity index (χ0n) is 39.1. The molecule has 3 aliphatic rings. The fourth-order valence-corrected chi connectivity index (χ4v) is 9.71. The van der Waals surface area contributed by atoms with Crippen LogP contribution < -0.4 is 10.7 Å². The second-order valence-corrected chi connectivity index (χ2v) is 18.8. The first-order chi connectivity index (χ1) is 31.0. The number of nitrogens with zero attached hydrogens (tertiary/aromatic N) is 6. The van der Waals surface area contributed by atoms with Crippen LogP contribution in [0.1, 0.15) is 83.9 Å². The molecule has 4 amide bonds. The van der Waals surface area contributed by atoms with Crippen molar-refractivity contribution in [3.8, 4) is 22.5 Å². The Morgan fingerprint density at radius 2 is 1.88 bits per heavy atom.